The largest absolute Gasteiger partial charge is 0.368 e. The Kier molecular flexibility index (Phi) is 4.70. The first kappa shape index (κ1) is 14.5. The molecule has 1 heterocycles. The highest BCUT2D eigenvalue weighted by molar-refractivity contribution is 7.13. The van der Waals surface area contributed by atoms with E-state index < -0.39 is 6.04 Å². The van der Waals surface area contributed by atoms with Crippen LogP contribution < -0.4 is 16.0 Å². The van der Waals surface area contributed by atoms with E-state index in [9.17, 15) is 4.79 Å². The second-order valence-corrected chi connectivity index (χ2v) is 5.48. The van der Waals surface area contributed by atoms with E-state index >= 15 is 0 Å². The minimum absolute atomic E-state index is 0.390. The van der Waals surface area contributed by atoms with E-state index in [1.54, 1.807) is 11.3 Å². The number of carbonyl (C=O) groups excluding carboxylic acids is 1. The fraction of sp³-hybridized carbons (Fsp3) is 0.286. The number of thiazole rings is 1. The number of rotatable bonds is 6. The molecule has 1 aromatic heterocycles. The summed E-state index contributed by atoms with van der Waals surface area (Å²) in [5, 5.41) is 6.07. The molecule has 5 nitrogen and oxygen atoms in total. The predicted molar refractivity (Wildman–Crippen MR) is 81.7 cm³/mol. The zero-order valence-electron chi connectivity index (χ0n) is 11.5. The second kappa shape index (κ2) is 6.49. The summed E-state index contributed by atoms with van der Waals surface area (Å²) >= 11 is 1.57. The van der Waals surface area contributed by atoms with Crippen molar-refractivity contribution in [3.63, 3.8) is 0 Å². The summed E-state index contributed by atoms with van der Waals surface area (Å²) in [4.78, 5) is 18.0. The third-order valence-electron chi connectivity index (χ3n) is 2.83. The Morgan fingerprint density at radius 1 is 1.40 bits per heavy atom. The van der Waals surface area contributed by atoms with Crippen LogP contribution in [-0.4, -0.2) is 25.0 Å². The maximum absolute atomic E-state index is 11.6. The summed E-state index contributed by atoms with van der Waals surface area (Å²) in [5.74, 6) is -0.390. The minimum atomic E-state index is -0.499. The Labute approximate surface area is 122 Å². The molecule has 20 heavy (non-hydrogen) atoms. The van der Waals surface area contributed by atoms with Gasteiger partial charge >= 0.3 is 0 Å². The molecule has 0 spiro atoms. The molecule has 0 aliphatic carbocycles. The standard InChI is InChI=1S/C14H18N4OS/c1-18(2)14-17-11(9-20-14)8-16-12(13(15)19)10-6-4-3-5-7-10/h3-7,9,12,16H,8H2,1-2H3,(H2,15,19)/t12-/m1/s1. The van der Waals surface area contributed by atoms with Crippen LogP contribution in [0.2, 0.25) is 0 Å². The molecule has 0 unspecified atom stereocenters. The van der Waals surface area contributed by atoms with Crippen LogP contribution in [-0.2, 0) is 11.3 Å². The molecular formula is C14H18N4OS. The molecule has 0 aliphatic heterocycles. The highest BCUT2D eigenvalue weighted by atomic mass is 32.1. The normalized spacial score (nSPS) is 12.1. The van der Waals surface area contributed by atoms with Gasteiger partial charge in [0.05, 0.1) is 5.69 Å². The summed E-state index contributed by atoms with van der Waals surface area (Å²) in [6.07, 6.45) is 0. The van der Waals surface area contributed by atoms with Gasteiger partial charge in [-0.2, -0.15) is 0 Å². The number of anilines is 1. The lowest BCUT2D eigenvalue weighted by molar-refractivity contribution is -0.120. The molecule has 3 N–H and O–H groups in total. The number of benzene rings is 1. The average molecular weight is 290 g/mol. The first-order valence-electron chi connectivity index (χ1n) is 6.27. The van der Waals surface area contributed by atoms with Gasteiger partial charge in [0, 0.05) is 26.0 Å². The average Bonchev–Trinajstić information content (AvgIpc) is 2.89. The molecule has 0 bridgehead atoms. The fourth-order valence-electron chi connectivity index (χ4n) is 1.82. The van der Waals surface area contributed by atoms with Crippen molar-refractivity contribution >= 4 is 22.4 Å². The molecule has 6 heteroatoms. The Balaban J connectivity index is 2.04. The van der Waals surface area contributed by atoms with Crippen LogP contribution in [0.3, 0.4) is 0 Å². The lowest BCUT2D eigenvalue weighted by atomic mass is 10.1. The highest BCUT2D eigenvalue weighted by Gasteiger charge is 2.17. The number of amides is 1. The first-order valence-corrected chi connectivity index (χ1v) is 7.15. The van der Waals surface area contributed by atoms with E-state index in [2.05, 4.69) is 10.3 Å². The number of hydrogen-bond donors (Lipinski definition) is 2. The van der Waals surface area contributed by atoms with Crippen molar-refractivity contribution in [1.29, 1.82) is 0 Å². The highest BCUT2D eigenvalue weighted by Crippen LogP contribution is 2.19. The van der Waals surface area contributed by atoms with Crippen molar-refractivity contribution < 1.29 is 4.79 Å². The Bertz CT molecular complexity index is 568. The maximum atomic E-state index is 11.6. The van der Waals surface area contributed by atoms with Gasteiger partial charge in [0.15, 0.2) is 5.13 Å². The number of aromatic nitrogens is 1. The number of nitrogens with two attached hydrogens (primary N) is 1. The number of primary amides is 1. The molecule has 2 rings (SSSR count). The molecular weight excluding hydrogens is 272 g/mol. The van der Waals surface area contributed by atoms with Gasteiger partial charge in [0.25, 0.3) is 0 Å². The van der Waals surface area contributed by atoms with Crippen LogP contribution in [0.1, 0.15) is 17.3 Å². The molecule has 0 saturated heterocycles. The van der Waals surface area contributed by atoms with Crippen LogP contribution in [0.4, 0.5) is 5.13 Å². The van der Waals surface area contributed by atoms with Gasteiger partial charge in [0.1, 0.15) is 6.04 Å². The van der Waals surface area contributed by atoms with Crippen molar-refractivity contribution in [3.8, 4) is 0 Å². The monoisotopic (exact) mass is 290 g/mol. The number of hydrogen-bond acceptors (Lipinski definition) is 5. The predicted octanol–water partition coefficient (Wildman–Crippen LogP) is 1.53. The van der Waals surface area contributed by atoms with E-state index in [1.807, 2.05) is 54.7 Å². The Morgan fingerprint density at radius 3 is 2.65 bits per heavy atom. The molecule has 0 radical (unpaired) electrons. The minimum Gasteiger partial charge on any atom is -0.368 e. The second-order valence-electron chi connectivity index (χ2n) is 4.64. The summed E-state index contributed by atoms with van der Waals surface area (Å²) in [6.45, 7) is 0.507. The fourth-order valence-corrected chi connectivity index (χ4v) is 2.58. The van der Waals surface area contributed by atoms with E-state index in [0.717, 1.165) is 16.4 Å². The van der Waals surface area contributed by atoms with Crippen LogP contribution >= 0.6 is 11.3 Å². The molecule has 1 aromatic carbocycles. The molecule has 0 fully saturated rings. The van der Waals surface area contributed by atoms with Gasteiger partial charge in [-0.05, 0) is 5.56 Å². The van der Waals surface area contributed by atoms with Gasteiger partial charge in [-0.3, -0.25) is 10.1 Å². The van der Waals surface area contributed by atoms with E-state index in [1.165, 1.54) is 0 Å². The van der Waals surface area contributed by atoms with Crippen molar-refractivity contribution in [1.82, 2.24) is 10.3 Å². The van der Waals surface area contributed by atoms with Crippen molar-refractivity contribution in [2.45, 2.75) is 12.6 Å². The molecule has 2 aromatic rings. The van der Waals surface area contributed by atoms with Crippen molar-refractivity contribution in [2.75, 3.05) is 19.0 Å². The van der Waals surface area contributed by atoms with E-state index in [0.29, 0.717) is 6.54 Å². The Hall–Kier alpha value is -1.92. The van der Waals surface area contributed by atoms with Gasteiger partial charge in [-0.15, -0.1) is 11.3 Å². The molecule has 0 aliphatic rings. The van der Waals surface area contributed by atoms with Crippen LogP contribution in [0.5, 0.6) is 0 Å². The van der Waals surface area contributed by atoms with Gasteiger partial charge in [0.2, 0.25) is 5.91 Å². The van der Waals surface area contributed by atoms with Crippen LogP contribution in [0, 0.1) is 0 Å². The molecule has 1 amide bonds. The van der Waals surface area contributed by atoms with Crippen LogP contribution in [0.25, 0.3) is 0 Å². The van der Waals surface area contributed by atoms with E-state index in [-0.39, 0.29) is 5.91 Å². The summed E-state index contributed by atoms with van der Waals surface area (Å²) in [5.41, 5.74) is 7.23. The van der Waals surface area contributed by atoms with E-state index in [4.69, 9.17) is 5.73 Å². The quantitative estimate of drug-likeness (QED) is 0.846. The van der Waals surface area contributed by atoms with Crippen molar-refractivity contribution in [3.05, 3.63) is 47.0 Å². The lowest BCUT2D eigenvalue weighted by Crippen LogP contribution is -2.33. The van der Waals surface area contributed by atoms with Crippen LogP contribution in [0.15, 0.2) is 35.7 Å². The zero-order chi connectivity index (χ0) is 14.5. The smallest absolute Gasteiger partial charge is 0.239 e. The third kappa shape index (κ3) is 3.55. The van der Waals surface area contributed by atoms with Gasteiger partial charge in [-0.1, -0.05) is 30.3 Å². The SMILES string of the molecule is CN(C)c1nc(CN[C@@H](C(N)=O)c2ccccc2)cs1. The summed E-state index contributed by atoms with van der Waals surface area (Å²) in [6, 6.07) is 8.95. The Morgan fingerprint density at radius 2 is 2.10 bits per heavy atom. The first-order chi connectivity index (χ1) is 9.58. The maximum Gasteiger partial charge on any atom is 0.239 e. The molecule has 106 valence electrons. The number of nitrogens with zero attached hydrogens (tertiary/aromatic N) is 2. The lowest BCUT2D eigenvalue weighted by Gasteiger charge is -2.15. The van der Waals surface area contributed by atoms with Crippen molar-refractivity contribution in [2.24, 2.45) is 5.73 Å². The zero-order valence-corrected chi connectivity index (χ0v) is 12.4. The number of nitrogens with one attached hydrogen (secondary N) is 1. The topological polar surface area (TPSA) is 71.2 Å². The van der Waals surface area contributed by atoms with Gasteiger partial charge in [-0.25, -0.2) is 4.98 Å². The summed E-state index contributed by atoms with van der Waals surface area (Å²) < 4.78 is 0. The summed E-state index contributed by atoms with van der Waals surface area (Å²) in [7, 11) is 3.90. The molecule has 1 atom stereocenters. The molecule has 0 saturated carbocycles. The number of carbonyl (C=O) groups is 1. The third-order valence-corrected chi connectivity index (χ3v) is 3.88. The van der Waals surface area contributed by atoms with Gasteiger partial charge < -0.3 is 10.6 Å².